The van der Waals surface area contributed by atoms with E-state index in [1.807, 2.05) is 67.8 Å². The average molecular weight is 491 g/mol. The molecule has 0 bridgehead atoms. The van der Waals surface area contributed by atoms with E-state index in [0.717, 1.165) is 23.2 Å². The van der Waals surface area contributed by atoms with Crippen LogP contribution in [0.15, 0.2) is 77.6 Å². The van der Waals surface area contributed by atoms with Crippen LogP contribution >= 0.6 is 23.2 Å². The summed E-state index contributed by atoms with van der Waals surface area (Å²) >= 11 is 12.9. The van der Waals surface area contributed by atoms with Gasteiger partial charge in [-0.3, -0.25) is 9.59 Å². The first-order valence-electron chi connectivity index (χ1n) is 11.0. The quantitative estimate of drug-likeness (QED) is 0.320. The maximum atomic E-state index is 13.7. The third-order valence-corrected chi connectivity index (χ3v) is 6.35. The molecule has 4 aromatic rings. The second-order valence-corrected chi connectivity index (χ2v) is 8.93. The number of halogens is 2. The Balaban J connectivity index is 2.02. The zero-order valence-corrected chi connectivity index (χ0v) is 20.7. The Labute approximate surface area is 208 Å². The second kappa shape index (κ2) is 9.88. The van der Waals surface area contributed by atoms with Crippen molar-refractivity contribution in [2.45, 2.75) is 27.2 Å². The Morgan fingerprint density at radius 3 is 2.38 bits per heavy atom. The molecule has 1 amide bonds. The molecule has 0 aliphatic carbocycles. The van der Waals surface area contributed by atoms with Crippen LogP contribution in [0.1, 0.15) is 34.1 Å². The van der Waals surface area contributed by atoms with E-state index in [4.69, 9.17) is 23.2 Å². The summed E-state index contributed by atoms with van der Waals surface area (Å²) in [4.78, 5) is 27.0. The largest absolute Gasteiger partial charge is 0.321 e. The molecule has 4 nitrogen and oxygen atoms in total. The van der Waals surface area contributed by atoms with Crippen LogP contribution in [-0.2, 0) is 6.42 Å². The Bertz CT molecular complexity index is 1460. The smallest absolute Gasteiger partial charge is 0.261 e. The fourth-order valence-electron chi connectivity index (χ4n) is 4.18. The second-order valence-electron chi connectivity index (χ2n) is 8.09. The molecule has 34 heavy (non-hydrogen) atoms. The minimum atomic E-state index is -0.482. The summed E-state index contributed by atoms with van der Waals surface area (Å²) in [6.07, 6.45) is 0.746. The summed E-state index contributed by atoms with van der Waals surface area (Å²) in [5.74, 6) is -0.482. The van der Waals surface area contributed by atoms with E-state index >= 15 is 0 Å². The van der Waals surface area contributed by atoms with Gasteiger partial charge >= 0.3 is 0 Å². The summed E-state index contributed by atoms with van der Waals surface area (Å²) in [6.45, 7) is 5.78. The fourth-order valence-corrected chi connectivity index (χ4v) is 4.59. The van der Waals surface area contributed by atoms with Gasteiger partial charge in [-0.1, -0.05) is 72.6 Å². The lowest BCUT2D eigenvalue weighted by molar-refractivity contribution is 0.102. The van der Waals surface area contributed by atoms with E-state index in [1.54, 1.807) is 24.3 Å². The molecule has 0 saturated carbocycles. The lowest BCUT2D eigenvalue weighted by Gasteiger charge is -2.22. The molecule has 0 saturated heterocycles. The Morgan fingerprint density at radius 2 is 1.68 bits per heavy atom. The van der Waals surface area contributed by atoms with Gasteiger partial charge in [-0.2, -0.15) is 0 Å². The number of hydrogen-bond acceptors (Lipinski definition) is 2. The van der Waals surface area contributed by atoms with Crippen molar-refractivity contribution >= 4 is 34.8 Å². The van der Waals surface area contributed by atoms with E-state index in [2.05, 4.69) is 5.32 Å². The van der Waals surface area contributed by atoms with Gasteiger partial charge in [0.1, 0.15) is 5.56 Å². The molecule has 4 rings (SSSR count). The molecular weight excluding hydrogens is 467 g/mol. The molecule has 1 heterocycles. The van der Waals surface area contributed by atoms with Crippen molar-refractivity contribution in [1.29, 1.82) is 0 Å². The van der Waals surface area contributed by atoms with E-state index in [-0.39, 0.29) is 11.0 Å². The van der Waals surface area contributed by atoms with Crippen LogP contribution in [0.2, 0.25) is 10.0 Å². The third-order valence-electron chi connectivity index (χ3n) is 5.80. The van der Waals surface area contributed by atoms with Gasteiger partial charge in [0.05, 0.1) is 16.4 Å². The lowest BCUT2D eigenvalue weighted by atomic mass is 10.0. The maximum absolute atomic E-state index is 13.7. The Hall–Kier alpha value is -3.34. The van der Waals surface area contributed by atoms with Crippen molar-refractivity contribution in [2.24, 2.45) is 0 Å². The normalized spacial score (nSPS) is 10.9. The van der Waals surface area contributed by atoms with Crippen LogP contribution < -0.4 is 10.7 Å². The first-order valence-corrected chi connectivity index (χ1v) is 11.7. The molecule has 0 aliphatic heterocycles. The lowest BCUT2D eigenvalue weighted by Crippen LogP contribution is -2.27. The van der Waals surface area contributed by atoms with Gasteiger partial charge in [-0.15, -0.1) is 0 Å². The number of anilines is 1. The number of para-hydroxylation sites is 2. The fraction of sp³-hybridized carbons (Fsp3) is 0.143. The highest BCUT2D eigenvalue weighted by molar-refractivity contribution is 6.32. The zero-order valence-electron chi connectivity index (χ0n) is 19.2. The monoisotopic (exact) mass is 490 g/mol. The van der Waals surface area contributed by atoms with Gasteiger partial charge in [0.25, 0.3) is 5.91 Å². The van der Waals surface area contributed by atoms with Crippen LogP contribution in [0.4, 0.5) is 5.69 Å². The predicted octanol–water partition coefficient (Wildman–Crippen LogP) is 7.24. The topological polar surface area (TPSA) is 51.1 Å². The molecule has 0 radical (unpaired) electrons. The van der Waals surface area contributed by atoms with Crippen LogP contribution in [-0.4, -0.2) is 10.5 Å². The van der Waals surface area contributed by atoms with Crippen molar-refractivity contribution in [2.75, 3.05) is 5.32 Å². The number of aryl methyl sites for hydroxylation is 3. The highest BCUT2D eigenvalue weighted by Gasteiger charge is 2.24. The van der Waals surface area contributed by atoms with Crippen molar-refractivity contribution < 1.29 is 4.79 Å². The molecule has 1 N–H and O–H groups in total. The van der Waals surface area contributed by atoms with E-state index in [1.165, 1.54) is 6.07 Å². The number of aromatic nitrogens is 1. The number of pyridine rings is 1. The molecular formula is C28H24Cl2N2O2. The Morgan fingerprint density at radius 1 is 0.941 bits per heavy atom. The molecule has 0 fully saturated rings. The van der Waals surface area contributed by atoms with Crippen molar-refractivity contribution in [3.05, 3.63) is 115 Å². The number of hydrogen-bond donors (Lipinski definition) is 1. The van der Waals surface area contributed by atoms with Crippen LogP contribution in [0.25, 0.3) is 16.9 Å². The standard InChI is InChI=1S/C28H24Cl2N2O2/c1-4-19-10-7-9-17(2)26(19)31-28(34)25-24(33)15-18(3)32(23-14-6-5-13-22(23)30)27(25)20-11-8-12-21(29)16-20/h5-16H,4H2,1-3H3,(H,31,34). The summed E-state index contributed by atoms with van der Waals surface area (Å²) in [6, 6.07) is 21.8. The molecule has 172 valence electrons. The SMILES string of the molecule is CCc1cccc(C)c1NC(=O)c1c(-c2cccc(Cl)c2)n(-c2ccccc2Cl)c(C)cc1=O. The van der Waals surface area contributed by atoms with E-state index in [0.29, 0.717) is 32.7 Å². The Kier molecular flexibility index (Phi) is 6.92. The molecule has 1 aromatic heterocycles. The molecule has 3 aromatic carbocycles. The molecule has 0 atom stereocenters. The highest BCUT2D eigenvalue weighted by atomic mass is 35.5. The maximum Gasteiger partial charge on any atom is 0.261 e. The summed E-state index contributed by atoms with van der Waals surface area (Å²) in [7, 11) is 0. The third kappa shape index (κ3) is 4.52. The number of carbonyl (C=O) groups excluding carboxylic acids is 1. The summed E-state index contributed by atoms with van der Waals surface area (Å²) in [5, 5.41) is 4.00. The summed E-state index contributed by atoms with van der Waals surface area (Å²) < 4.78 is 1.84. The molecule has 0 unspecified atom stereocenters. The van der Waals surface area contributed by atoms with Crippen molar-refractivity contribution in [3.8, 4) is 16.9 Å². The van der Waals surface area contributed by atoms with Crippen LogP contribution in [0.3, 0.4) is 0 Å². The number of rotatable bonds is 5. The van der Waals surface area contributed by atoms with Crippen LogP contribution in [0, 0.1) is 13.8 Å². The van der Waals surface area contributed by atoms with Gasteiger partial charge in [-0.25, -0.2) is 0 Å². The first kappa shape index (κ1) is 23.8. The minimum absolute atomic E-state index is 0.0260. The predicted molar refractivity (Wildman–Crippen MR) is 141 cm³/mol. The van der Waals surface area contributed by atoms with E-state index < -0.39 is 5.91 Å². The molecule has 0 spiro atoms. The number of amides is 1. The first-order chi connectivity index (χ1) is 16.3. The van der Waals surface area contributed by atoms with Gasteiger partial charge in [-0.05, 0) is 55.7 Å². The molecule has 0 aliphatic rings. The van der Waals surface area contributed by atoms with Gasteiger partial charge in [0, 0.05) is 28.0 Å². The number of nitrogens with zero attached hydrogens (tertiary/aromatic N) is 1. The van der Waals surface area contributed by atoms with Crippen LogP contribution in [0.5, 0.6) is 0 Å². The number of benzene rings is 3. The zero-order chi connectivity index (χ0) is 24.4. The highest BCUT2D eigenvalue weighted by Crippen LogP contribution is 2.32. The van der Waals surface area contributed by atoms with E-state index in [9.17, 15) is 9.59 Å². The van der Waals surface area contributed by atoms with Gasteiger partial charge < -0.3 is 9.88 Å². The molecule has 6 heteroatoms. The number of carbonyl (C=O) groups is 1. The number of nitrogens with one attached hydrogen (secondary N) is 1. The summed E-state index contributed by atoms with van der Waals surface area (Å²) in [5.41, 5.74) is 4.68. The van der Waals surface area contributed by atoms with Crippen molar-refractivity contribution in [3.63, 3.8) is 0 Å². The van der Waals surface area contributed by atoms with Gasteiger partial charge in [0.15, 0.2) is 5.43 Å². The minimum Gasteiger partial charge on any atom is -0.321 e. The average Bonchev–Trinajstić information content (AvgIpc) is 2.80. The van der Waals surface area contributed by atoms with Gasteiger partial charge in [0.2, 0.25) is 0 Å². The van der Waals surface area contributed by atoms with Crippen molar-refractivity contribution in [1.82, 2.24) is 4.57 Å².